The summed E-state index contributed by atoms with van der Waals surface area (Å²) in [5, 5.41) is 8.87. The molecule has 1 aromatic heterocycles. The molecule has 1 atom stereocenters. The van der Waals surface area contributed by atoms with Crippen molar-refractivity contribution in [1.82, 2.24) is 15.1 Å². The lowest BCUT2D eigenvalue weighted by Gasteiger charge is -2.22. The van der Waals surface area contributed by atoms with Gasteiger partial charge in [-0.25, -0.2) is 0 Å². The standard InChI is InChI=1S/C13H16N4O/c14-13(18)11-5-1-3-9-8-17(16-12(9)11)10-4-2-6-15-7-10/h1,3,5,8,10,15H,2,4,6-7H2,(H2,14,18). The molecule has 1 aliphatic heterocycles. The second kappa shape index (κ2) is 4.42. The van der Waals surface area contributed by atoms with Crippen molar-refractivity contribution in [2.75, 3.05) is 13.1 Å². The van der Waals surface area contributed by atoms with Crippen molar-refractivity contribution in [3.63, 3.8) is 0 Å². The van der Waals surface area contributed by atoms with Gasteiger partial charge in [-0.2, -0.15) is 5.10 Å². The van der Waals surface area contributed by atoms with Crippen molar-refractivity contribution in [3.05, 3.63) is 30.0 Å². The van der Waals surface area contributed by atoms with Crippen molar-refractivity contribution in [2.45, 2.75) is 18.9 Å². The Labute approximate surface area is 105 Å². The Kier molecular flexibility index (Phi) is 2.76. The zero-order valence-electron chi connectivity index (χ0n) is 10.1. The van der Waals surface area contributed by atoms with Crippen LogP contribution in [0.2, 0.25) is 0 Å². The van der Waals surface area contributed by atoms with E-state index in [0.29, 0.717) is 17.1 Å². The van der Waals surface area contributed by atoms with Crippen LogP contribution in [-0.4, -0.2) is 28.8 Å². The molecule has 3 rings (SSSR count). The summed E-state index contributed by atoms with van der Waals surface area (Å²) >= 11 is 0. The van der Waals surface area contributed by atoms with E-state index in [4.69, 9.17) is 5.73 Å². The van der Waals surface area contributed by atoms with E-state index in [1.807, 2.05) is 23.0 Å². The third-order valence-electron chi connectivity index (χ3n) is 3.46. The van der Waals surface area contributed by atoms with Gasteiger partial charge in [-0.15, -0.1) is 0 Å². The van der Waals surface area contributed by atoms with E-state index in [1.165, 1.54) is 0 Å². The summed E-state index contributed by atoms with van der Waals surface area (Å²) < 4.78 is 1.96. The Morgan fingerprint density at radius 2 is 2.39 bits per heavy atom. The molecule has 2 aromatic rings. The fourth-order valence-electron chi connectivity index (χ4n) is 2.51. The van der Waals surface area contributed by atoms with E-state index in [0.717, 1.165) is 31.3 Å². The topological polar surface area (TPSA) is 72.9 Å². The highest BCUT2D eigenvalue weighted by Crippen LogP contribution is 2.22. The van der Waals surface area contributed by atoms with Crippen LogP contribution in [0.1, 0.15) is 29.2 Å². The van der Waals surface area contributed by atoms with Crippen molar-refractivity contribution in [3.8, 4) is 0 Å². The van der Waals surface area contributed by atoms with Gasteiger partial charge in [0.25, 0.3) is 5.91 Å². The molecular weight excluding hydrogens is 228 g/mol. The number of carbonyl (C=O) groups is 1. The van der Waals surface area contributed by atoms with Gasteiger partial charge in [0.15, 0.2) is 0 Å². The quantitative estimate of drug-likeness (QED) is 0.829. The monoisotopic (exact) mass is 244 g/mol. The second-order valence-corrected chi connectivity index (χ2v) is 4.72. The molecule has 0 radical (unpaired) electrons. The van der Waals surface area contributed by atoms with E-state index in [9.17, 15) is 4.79 Å². The van der Waals surface area contributed by atoms with Crippen LogP contribution in [-0.2, 0) is 0 Å². The highest BCUT2D eigenvalue weighted by Gasteiger charge is 2.17. The number of piperidine rings is 1. The van der Waals surface area contributed by atoms with Crippen LogP contribution in [0.3, 0.4) is 0 Å². The molecular formula is C13H16N4O. The van der Waals surface area contributed by atoms with Gasteiger partial charge in [0, 0.05) is 18.1 Å². The Morgan fingerprint density at radius 3 is 3.11 bits per heavy atom. The first kappa shape index (κ1) is 11.2. The molecule has 0 saturated carbocycles. The first-order valence-electron chi connectivity index (χ1n) is 6.24. The number of nitrogens with zero attached hydrogens (tertiary/aromatic N) is 2. The van der Waals surface area contributed by atoms with Gasteiger partial charge in [0.05, 0.1) is 11.6 Å². The third-order valence-corrected chi connectivity index (χ3v) is 3.46. The van der Waals surface area contributed by atoms with E-state index >= 15 is 0 Å². The number of aromatic nitrogens is 2. The maximum Gasteiger partial charge on any atom is 0.250 e. The number of hydrogen-bond donors (Lipinski definition) is 2. The maximum absolute atomic E-state index is 11.4. The average molecular weight is 244 g/mol. The smallest absolute Gasteiger partial charge is 0.250 e. The van der Waals surface area contributed by atoms with Gasteiger partial charge in [-0.3, -0.25) is 9.48 Å². The Morgan fingerprint density at radius 1 is 1.50 bits per heavy atom. The van der Waals surface area contributed by atoms with Gasteiger partial charge in [-0.05, 0) is 25.5 Å². The summed E-state index contributed by atoms with van der Waals surface area (Å²) in [6, 6.07) is 5.89. The van der Waals surface area contributed by atoms with Crippen LogP contribution >= 0.6 is 0 Å². The van der Waals surface area contributed by atoms with Gasteiger partial charge < -0.3 is 11.1 Å². The van der Waals surface area contributed by atoms with Gasteiger partial charge in [0.2, 0.25) is 0 Å². The minimum absolute atomic E-state index is 0.367. The molecule has 5 heteroatoms. The second-order valence-electron chi connectivity index (χ2n) is 4.72. The maximum atomic E-state index is 11.4. The molecule has 1 amide bonds. The minimum Gasteiger partial charge on any atom is -0.366 e. The average Bonchev–Trinajstić information content (AvgIpc) is 2.83. The Hall–Kier alpha value is -1.88. The summed E-state index contributed by atoms with van der Waals surface area (Å²) in [5.74, 6) is -0.424. The third kappa shape index (κ3) is 1.86. The van der Waals surface area contributed by atoms with Crippen LogP contribution in [0.5, 0.6) is 0 Å². The van der Waals surface area contributed by atoms with Crippen LogP contribution < -0.4 is 11.1 Å². The number of primary amides is 1. The first-order valence-corrected chi connectivity index (χ1v) is 6.24. The van der Waals surface area contributed by atoms with Crippen LogP contribution in [0.15, 0.2) is 24.4 Å². The Bertz CT molecular complexity index is 584. The molecule has 5 nitrogen and oxygen atoms in total. The molecule has 0 spiro atoms. The molecule has 0 aliphatic carbocycles. The van der Waals surface area contributed by atoms with E-state index < -0.39 is 5.91 Å². The van der Waals surface area contributed by atoms with Gasteiger partial charge in [0.1, 0.15) is 5.52 Å². The number of amides is 1. The predicted molar refractivity (Wildman–Crippen MR) is 69.4 cm³/mol. The van der Waals surface area contributed by atoms with Crippen LogP contribution in [0.4, 0.5) is 0 Å². The minimum atomic E-state index is -0.424. The summed E-state index contributed by atoms with van der Waals surface area (Å²) in [7, 11) is 0. The summed E-state index contributed by atoms with van der Waals surface area (Å²) in [4.78, 5) is 11.4. The molecule has 1 saturated heterocycles. The fraction of sp³-hybridized carbons (Fsp3) is 0.385. The van der Waals surface area contributed by atoms with Gasteiger partial charge >= 0.3 is 0 Å². The lowest BCUT2D eigenvalue weighted by atomic mass is 10.1. The molecule has 2 heterocycles. The molecule has 18 heavy (non-hydrogen) atoms. The first-order chi connectivity index (χ1) is 8.75. The number of benzene rings is 1. The normalized spacial score (nSPS) is 20.1. The SMILES string of the molecule is NC(=O)c1cccc2cn(C3CCCNC3)nc12. The molecule has 3 N–H and O–H groups in total. The number of hydrogen-bond acceptors (Lipinski definition) is 3. The number of fused-ring (bicyclic) bond motifs is 1. The lowest BCUT2D eigenvalue weighted by molar-refractivity contribution is 0.100. The van der Waals surface area contributed by atoms with E-state index in [2.05, 4.69) is 10.4 Å². The van der Waals surface area contributed by atoms with Crippen molar-refractivity contribution >= 4 is 16.8 Å². The number of nitrogens with two attached hydrogens (primary N) is 1. The summed E-state index contributed by atoms with van der Waals surface area (Å²) in [6.07, 6.45) is 4.27. The molecule has 1 fully saturated rings. The zero-order chi connectivity index (χ0) is 12.5. The Balaban J connectivity index is 2.04. The molecule has 1 aliphatic rings. The highest BCUT2D eigenvalue weighted by molar-refractivity contribution is 6.04. The number of rotatable bonds is 2. The number of nitrogens with one attached hydrogen (secondary N) is 1. The molecule has 1 aromatic carbocycles. The fourth-order valence-corrected chi connectivity index (χ4v) is 2.51. The van der Waals surface area contributed by atoms with E-state index in [1.54, 1.807) is 6.07 Å². The predicted octanol–water partition coefficient (Wildman–Crippen LogP) is 1.06. The van der Waals surface area contributed by atoms with Crippen molar-refractivity contribution in [1.29, 1.82) is 0 Å². The van der Waals surface area contributed by atoms with Gasteiger partial charge in [-0.1, -0.05) is 12.1 Å². The van der Waals surface area contributed by atoms with Crippen LogP contribution in [0, 0.1) is 0 Å². The van der Waals surface area contributed by atoms with Crippen LogP contribution in [0.25, 0.3) is 10.9 Å². The molecule has 94 valence electrons. The lowest BCUT2D eigenvalue weighted by Crippen LogP contribution is -2.31. The van der Waals surface area contributed by atoms with Crippen molar-refractivity contribution < 1.29 is 4.79 Å². The molecule has 1 unspecified atom stereocenters. The van der Waals surface area contributed by atoms with E-state index in [-0.39, 0.29) is 0 Å². The largest absolute Gasteiger partial charge is 0.366 e. The zero-order valence-corrected chi connectivity index (χ0v) is 10.1. The number of carbonyl (C=O) groups excluding carboxylic acids is 1. The molecule has 0 bridgehead atoms. The summed E-state index contributed by atoms with van der Waals surface area (Å²) in [6.45, 7) is 2.00. The highest BCUT2D eigenvalue weighted by atomic mass is 16.1. The summed E-state index contributed by atoms with van der Waals surface area (Å²) in [5.41, 5.74) is 6.57. The van der Waals surface area contributed by atoms with Crippen molar-refractivity contribution in [2.24, 2.45) is 5.73 Å².